The predicted molar refractivity (Wildman–Crippen MR) is 321 cm³/mol. The van der Waals surface area contributed by atoms with Gasteiger partial charge in [0, 0.05) is 46.8 Å². The van der Waals surface area contributed by atoms with Crippen LogP contribution in [0.3, 0.4) is 0 Å². The van der Waals surface area contributed by atoms with Crippen molar-refractivity contribution in [3.8, 4) is 11.5 Å². The SMILES string of the molecule is Cc1c2oc3cccc(C(=O)NC4C(=O)NC(C(C)C)C(=O)N5CCCC5C(=O)N(C)CC(=O)N(C)C(C(C)C)C(=O)OC4C)c3nc-2c(C(=O)NC2C(=O)NC(C(C)C)C(=O)N3CCCC3C(=O)N(C)CC(=O)N(C)C(C(C)C)C(=O)OC2C)c(N)c1=O. The van der Waals surface area contributed by atoms with Crippen molar-refractivity contribution < 1.29 is 71.4 Å². The van der Waals surface area contributed by atoms with Crippen LogP contribution >= 0.6 is 0 Å². The molecule has 1 aromatic carbocycles. The van der Waals surface area contributed by atoms with Crippen LogP contribution in [-0.2, 0) is 57.4 Å². The van der Waals surface area contributed by atoms with E-state index < -0.39 is 191 Å². The fourth-order valence-electron chi connectivity index (χ4n) is 12.1. The molecular formula is C61H84N12O16. The Morgan fingerprint density at radius 3 is 1.46 bits per heavy atom. The Bertz CT molecular complexity index is 3360. The number of cyclic esters (lactones) is 2. The zero-order valence-corrected chi connectivity index (χ0v) is 53.2. The molecule has 5 aliphatic heterocycles. The molecule has 6 aliphatic rings. The minimum Gasteiger partial charge on any atom is -0.458 e. The fourth-order valence-corrected chi connectivity index (χ4v) is 12.1. The Kier molecular flexibility index (Phi) is 20.8. The van der Waals surface area contributed by atoms with Crippen LogP contribution in [0.1, 0.15) is 121 Å². The number of hydrogen-bond donors (Lipinski definition) is 5. The molecule has 10 atom stereocenters. The molecule has 0 bridgehead atoms. The summed E-state index contributed by atoms with van der Waals surface area (Å²) in [6.45, 7) is 16.7. The summed E-state index contributed by atoms with van der Waals surface area (Å²) >= 11 is 0. The first-order chi connectivity index (χ1) is 41.7. The summed E-state index contributed by atoms with van der Waals surface area (Å²) in [5.74, 6) is -12.4. The number of benzene rings is 2. The molecule has 0 saturated carbocycles. The van der Waals surface area contributed by atoms with E-state index in [1.807, 2.05) is 0 Å². The first-order valence-corrected chi connectivity index (χ1v) is 30.1. The van der Waals surface area contributed by atoms with Gasteiger partial charge in [-0.1, -0.05) is 61.5 Å². The van der Waals surface area contributed by atoms with Crippen molar-refractivity contribution >= 4 is 87.8 Å². The number of amides is 10. The Labute approximate surface area is 515 Å². The van der Waals surface area contributed by atoms with Gasteiger partial charge in [0.2, 0.25) is 52.7 Å². The minimum absolute atomic E-state index is 0.123. The highest BCUT2D eigenvalue weighted by molar-refractivity contribution is 6.10. The number of nitrogens with one attached hydrogen (secondary N) is 4. The lowest BCUT2D eigenvalue weighted by molar-refractivity contribution is -0.163. The van der Waals surface area contributed by atoms with Crippen molar-refractivity contribution in [1.82, 2.24) is 55.7 Å². The van der Waals surface area contributed by atoms with Crippen LogP contribution in [0.5, 0.6) is 0 Å². The van der Waals surface area contributed by atoms with Gasteiger partial charge >= 0.3 is 11.9 Å². The zero-order valence-electron chi connectivity index (χ0n) is 53.2. The third-order valence-electron chi connectivity index (χ3n) is 17.2. The number of rotatable bonds is 8. The molecule has 5 heterocycles. The first kappa shape index (κ1) is 67.8. The van der Waals surface area contributed by atoms with Crippen LogP contribution < -0.4 is 32.4 Å². The summed E-state index contributed by atoms with van der Waals surface area (Å²) in [5.41, 5.74) is 3.08. The summed E-state index contributed by atoms with van der Waals surface area (Å²) < 4.78 is 18.1. The van der Waals surface area contributed by atoms with Crippen LogP contribution in [0.25, 0.3) is 22.6 Å². The summed E-state index contributed by atoms with van der Waals surface area (Å²) in [5, 5.41) is 10.6. The van der Waals surface area contributed by atoms with E-state index in [4.69, 9.17) is 24.6 Å². The topological polar surface area (TPSA) is 360 Å². The number of nitrogens with zero attached hydrogens (tertiary/aromatic N) is 7. The molecule has 28 heteroatoms. The highest BCUT2D eigenvalue weighted by atomic mass is 16.6. The summed E-state index contributed by atoms with van der Waals surface area (Å²) in [6, 6.07) is -6.60. The number of carbonyl (C=O) groups is 12. The van der Waals surface area contributed by atoms with E-state index >= 15 is 4.79 Å². The molecule has 0 spiro atoms. The van der Waals surface area contributed by atoms with Gasteiger partial charge in [0.05, 0.1) is 29.9 Å². The summed E-state index contributed by atoms with van der Waals surface area (Å²) in [7, 11) is 5.58. The summed E-state index contributed by atoms with van der Waals surface area (Å²) in [4.78, 5) is 199. The van der Waals surface area contributed by atoms with Gasteiger partial charge in [-0.2, -0.15) is 0 Å². The number of nitrogen functional groups attached to an aromatic ring is 1. The van der Waals surface area contributed by atoms with E-state index in [2.05, 4.69) is 21.3 Å². The van der Waals surface area contributed by atoms with Gasteiger partial charge in [-0.15, -0.1) is 0 Å². The van der Waals surface area contributed by atoms with Gasteiger partial charge in [0.1, 0.15) is 71.8 Å². The minimum atomic E-state index is -1.88. The number of ether oxygens (including phenoxy) is 2. The van der Waals surface area contributed by atoms with Crippen LogP contribution in [-0.4, -0.2) is 220 Å². The maximum absolute atomic E-state index is 15.1. The lowest BCUT2D eigenvalue weighted by atomic mass is 9.98. The van der Waals surface area contributed by atoms with Crippen molar-refractivity contribution in [2.24, 2.45) is 23.7 Å². The van der Waals surface area contributed by atoms with Crippen LogP contribution in [0.4, 0.5) is 5.69 Å². The molecule has 10 unspecified atom stereocenters. The quantitative estimate of drug-likeness (QED) is 0.116. The van der Waals surface area contributed by atoms with E-state index in [1.165, 1.54) is 86.8 Å². The van der Waals surface area contributed by atoms with Crippen molar-refractivity contribution in [3.63, 3.8) is 0 Å². The van der Waals surface area contributed by atoms with Crippen molar-refractivity contribution in [1.29, 1.82) is 0 Å². The molecule has 6 N–H and O–H groups in total. The molecule has 4 saturated heterocycles. The maximum Gasteiger partial charge on any atom is 0.329 e. The third-order valence-corrected chi connectivity index (χ3v) is 17.2. The zero-order chi connectivity index (χ0) is 66.1. The number of hydrogen-bond acceptors (Lipinski definition) is 18. The van der Waals surface area contributed by atoms with Crippen molar-refractivity contribution in [2.75, 3.05) is 60.1 Å². The monoisotopic (exact) mass is 1240 g/mol. The largest absolute Gasteiger partial charge is 0.458 e. The molecule has 10 amide bonds. The van der Waals surface area contributed by atoms with Gasteiger partial charge < -0.3 is 70.3 Å². The molecule has 7 rings (SSSR count). The molecule has 28 nitrogen and oxygen atoms in total. The number of aromatic nitrogens is 1. The molecule has 89 heavy (non-hydrogen) atoms. The van der Waals surface area contributed by atoms with Gasteiger partial charge in [-0.3, -0.25) is 52.7 Å². The smallest absolute Gasteiger partial charge is 0.329 e. The Balaban J connectivity index is 1.30. The van der Waals surface area contributed by atoms with E-state index in [1.54, 1.807) is 55.4 Å². The number of fused-ring (bicyclic) bond motifs is 4. The summed E-state index contributed by atoms with van der Waals surface area (Å²) in [6.07, 6.45) is -1.64. The second-order valence-electron chi connectivity index (χ2n) is 25.1. The Morgan fingerprint density at radius 1 is 0.618 bits per heavy atom. The second kappa shape index (κ2) is 27.3. The van der Waals surface area contributed by atoms with Gasteiger partial charge in [0.25, 0.3) is 11.8 Å². The molecule has 1 aromatic rings. The normalized spacial score (nSPS) is 26.4. The van der Waals surface area contributed by atoms with Gasteiger partial charge in [0.15, 0.2) is 11.3 Å². The fraction of sp³-hybridized carbons (Fsp3) is 0.607. The number of nitrogens with two attached hydrogens (primary N) is 1. The lowest BCUT2D eigenvalue weighted by Crippen LogP contribution is -2.61. The van der Waals surface area contributed by atoms with Crippen LogP contribution in [0.15, 0.2) is 27.4 Å². The molecule has 484 valence electrons. The second-order valence-corrected chi connectivity index (χ2v) is 25.1. The lowest BCUT2D eigenvalue weighted by Gasteiger charge is -2.36. The van der Waals surface area contributed by atoms with Crippen LogP contribution in [0.2, 0.25) is 0 Å². The number of para-hydroxylation sites is 1. The van der Waals surface area contributed by atoms with Crippen molar-refractivity contribution in [2.45, 2.75) is 162 Å². The molecule has 4 fully saturated rings. The number of carbonyl (C=O) groups excluding carboxylic acids is 12. The number of anilines is 1. The van der Waals surface area contributed by atoms with E-state index in [-0.39, 0.29) is 53.9 Å². The van der Waals surface area contributed by atoms with E-state index in [0.717, 1.165) is 9.80 Å². The molecule has 1 aliphatic carbocycles. The van der Waals surface area contributed by atoms with Gasteiger partial charge in [-0.05, 0) is 82.3 Å². The maximum atomic E-state index is 15.1. The standard InChI is InChI=1S/C61H84N12O16/c1-27(2)42-58(83)72-23-17-20-35(72)56(81)68(12)25-38(74)70(14)48(29(5)6)60(85)87-32(10)44(54(79)64-42)66-52(77)34-19-16-22-37-46(34)63-47-40(41(62)50(76)31(9)51(47)89-37)53(78)67-45-33(11)88-61(86)49(30(7)8)71(15)39(75)26-69(13)57(82)36-21-18-24-73(36)59(84)43(28(3)4)65-55(45)80/h16,19,22,27-30,32-33,35-36,42-45,48-49H,17-18,20-21,23-26,62H2,1-15H3,(H,64,79)(H,65,80)(H,66,77)(H,67,78). The number of likely N-dealkylation sites (N-methyl/N-ethyl adjacent to an activating group) is 4. The van der Waals surface area contributed by atoms with Gasteiger partial charge in [-0.25, -0.2) is 14.6 Å². The molecule has 0 radical (unpaired) electrons. The average molecular weight is 1240 g/mol. The average Bonchev–Trinajstić information content (AvgIpc) is 1.91. The first-order valence-electron chi connectivity index (χ1n) is 30.1. The predicted octanol–water partition coefficient (Wildman–Crippen LogP) is 0.417. The Morgan fingerprint density at radius 2 is 1.04 bits per heavy atom. The van der Waals surface area contributed by atoms with Crippen LogP contribution in [0, 0.1) is 30.6 Å². The van der Waals surface area contributed by atoms with E-state index in [0.29, 0.717) is 12.8 Å². The highest BCUT2D eigenvalue weighted by Crippen LogP contribution is 2.34. The third kappa shape index (κ3) is 13.8. The van der Waals surface area contributed by atoms with Crippen molar-refractivity contribution in [3.05, 3.63) is 45.1 Å². The Hall–Kier alpha value is -8.72. The van der Waals surface area contributed by atoms with E-state index in [9.17, 15) is 57.5 Å². The molecular weight excluding hydrogens is 1160 g/mol. The molecule has 0 aromatic heterocycles. The number of esters is 2. The highest BCUT2D eigenvalue weighted by Gasteiger charge is 2.46.